The van der Waals surface area contributed by atoms with Gasteiger partial charge in [0.05, 0.1) is 0 Å². The third-order valence-corrected chi connectivity index (χ3v) is 1.79. The molecule has 0 aromatic heterocycles. The number of ether oxygens (including phenoxy) is 1. The second-order valence-electron chi connectivity index (χ2n) is 3.20. The lowest BCUT2D eigenvalue weighted by atomic mass is 10.2. The fourth-order valence-electron chi connectivity index (χ4n) is 1.09. The topological polar surface area (TPSA) is 46.5 Å². The Hall–Kier alpha value is -1.51. The van der Waals surface area contributed by atoms with E-state index in [0.29, 0.717) is 6.42 Å². The van der Waals surface area contributed by atoms with E-state index < -0.39 is 0 Å². The zero-order valence-electron chi connectivity index (χ0n) is 8.41. The standard InChI is InChI=1S/C11H14O3/c1-3-4-11(13)14-10-6-5-8(2)7-9(10)12/h5-7,12H,3-4H2,1-2H3. The zero-order valence-corrected chi connectivity index (χ0v) is 8.41. The number of benzene rings is 1. The van der Waals surface area contributed by atoms with Crippen LogP contribution in [0.5, 0.6) is 11.5 Å². The molecule has 0 saturated carbocycles. The molecule has 0 atom stereocenters. The molecule has 3 nitrogen and oxygen atoms in total. The van der Waals surface area contributed by atoms with Gasteiger partial charge in [0.25, 0.3) is 0 Å². The molecule has 0 radical (unpaired) electrons. The third kappa shape index (κ3) is 2.76. The van der Waals surface area contributed by atoms with Crippen molar-refractivity contribution in [1.29, 1.82) is 0 Å². The Morgan fingerprint density at radius 3 is 2.79 bits per heavy atom. The Balaban J connectivity index is 2.72. The van der Waals surface area contributed by atoms with Crippen LogP contribution in [-0.2, 0) is 4.79 Å². The lowest BCUT2D eigenvalue weighted by Crippen LogP contribution is -2.06. The molecular weight excluding hydrogens is 180 g/mol. The average molecular weight is 194 g/mol. The van der Waals surface area contributed by atoms with Gasteiger partial charge < -0.3 is 9.84 Å². The quantitative estimate of drug-likeness (QED) is 0.593. The number of esters is 1. The van der Waals surface area contributed by atoms with Crippen LogP contribution in [0.15, 0.2) is 18.2 Å². The highest BCUT2D eigenvalue weighted by atomic mass is 16.5. The third-order valence-electron chi connectivity index (χ3n) is 1.79. The first-order valence-corrected chi connectivity index (χ1v) is 4.63. The summed E-state index contributed by atoms with van der Waals surface area (Å²) >= 11 is 0. The minimum absolute atomic E-state index is 0.00875. The normalized spacial score (nSPS) is 9.86. The van der Waals surface area contributed by atoms with Crippen LogP contribution in [0.25, 0.3) is 0 Å². The van der Waals surface area contributed by atoms with Crippen molar-refractivity contribution in [2.75, 3.05) is 0 Å². The summed E-state index contributed by atoms with van der Waals surface area (Å²) in [4.78, 5) is 11.1. The van der Waals surface area contributed by atoms with Crippen LogP contribution >= 0.6 is 0 Å². The minimum Gasteiger partial charge on any atom is -0.504 e. The van der Waals surface area contributed by atoms with Gasteiger partial charge in [0.1, 0.15) is 0 Å². The van der Waals surface area contributed by atoms with Crippen molar-refractivity contribution in [1.82, 2.24) is 0 Å². The summed E-state index contributed by atoms with van der Waals surface area (Å²) in [6, 6.07) is 4.95. The predicted octanol–water partition coefficient (Wildman–Crippen LogP) is 2.41. The van der Waals surface area contributed by atoms with Crippen LogP contribution in [0.4, 0.5) is 0 Å². The van der Waals surface area contributed by atoms with Crippen molar-refractivity contribution in [2.45, 2.75) is 26.7 Å². The van der Waals surface area contributed by atoms with E-state index in [-0.39, 0.29) is 17.5 Å². The Kier molecular flexibility index (Phi) is 3.51. The van der Waals surface area contributed by atoms with Crippen molar-refractivity contribution in [3.63, 3.8) is 0 Å². The first-order valence-electron chi connectivity index (χ1n) is 4.63. The highest BCUT2D eigenvalue weighted by molar-refractivity contribution is 5.73. The molecule has 0 aliphatic carbocycles. The zero-order chi connectivity index (χ0) is 10.6. The van der Waals surface area contributed by atoms with Crippen LogP contribution in [0.3, 0.4) is 0 Å². The molecule has 0 aliphatic rings. The molecule has 14 heavy (non-hydrogen) atoms. The molecule has 1 aromatic carbocycles. The number of carbonyl (C=O) groups is 1. The number of hydrogen-bond acceptors (Lipinski definition) is 3. The monoisotopic (exact) mass is 194 g/mol. The molecule has 0 saturated heterocycles. The van der Waals surface area contributed by atoms with Crippen molar-refractivity contribution in [2.24, 2.45) is 0 Å². The van der Waals surface area contributed by atoms with Gasteiger partial charge in [-0.2, -0.15) is 0 Å². The predicted molar refractivity (Wildman–Crippen MR) is 53.4 cm³/mol. The molecule has 0 amide bonds. The van der Waals surface area contributed by atoms with E-state index in [1.54, 1.807) is 18.2 Å². The van der Waals surface area contributed by atoms with E-state index in [2.05, 4.69) is 0 Å². The van der Waals surface area contributed by atoms with Gasteiger partial charge in [-0.1, -0.05) is 13.0 Å². The van der Waals surface area contributed by atoms with E-state index >= 15 is 0 Å². The van der Waals surface area contributed by atoms with Crippen molar-refractivity contribution in [3.8, 4) is 11.5 Å². The number of phenols is 1. The second-order valence-corrected chi connectivity index (χ2v) is 3.20. The van der Waals surface area contributed by atoms with Gasteiger partial charge in [-0.25, -0.2) is 0 Å². The summed E-state index contributed by atoms with van der Waals surface area (Å²) in [5, 5.41) is 9.43. The molecule has 0 aliphatic heterocycles. The maximum Gasteiger partial charge on any atom is 0.311 e. The molecule has 3 heteroatoms. The SMILES string of the molecule is CCCC(=O)Oc1ccc(C)cc1O. The van der Waals surface area contributed by atoms with Crippen LogP contribution in [0.2, 0.25) is 0 Å². The fraction of sp³-hybridized carbons (Fsp3) is 0.364. The highest BCUT2D eigenvalue weighted by Gasteiger charge is 2.07. The lowest BCUT2D eigenvalue weighted by Gasteiger charge is -2.05. The molecule has 0 heterocycles. The van der Waals surface area contributed by atoms with Crippen LogP contribution < -0.4 is 4.74 Å². The van der Waals surface area contributed by atoms with E-state index in [0.717, 1.165) is 12.0 Å². The number of aromatic hydroxyl groups is 1. The Bertz CT molecular complexity index is 331. The summed E-state index contributed by atoms with van der Waals surface area (Å²) in [6.45, 7) is 3.76. The van der Waals surface area contributed by atoms with Crippen molar-refractivity contribution < 1.29 is 14.6 Å². The first-order chi connectivity index (χ1) is 6.63. The van der Waals surface area contributed by atoms with E-state index in [4.69, 9.17) is 4.74 Å². The lowest BCUT2D eigenvalue weighted by molar-refractivity contribution is -0.134. The van der Waals surface area contributed by atoms with Gasteiger partial charge in [0, 0.05) is 6.42 Å². The Morgan fingerprint density at radius 1 is 1.50 bits per heavy atom. The van der Waals surface area contributed by atoms with Crippen LogP contribution in [0, 0.1) is 6.92 Å². The maximum atomic E-state index is 11.1. The molecule has 0 fully saturated rings. The molecule has 1 N–H and O–H groups in total. The minimum atomic E-state index is -0.313. The van der Waals surface area contributed by atoms with Gasteiger partial charge in [0.2, 0.25) is 0 Å². The summed E-state index contributed by atoms with van der Waals surface area (Å²) in [6.07, 6.45) is 1.11. The average Bonchev–Trinajstić information content (AvgIpc) is 2.10. The summed E-state index contributed by atoms with van der Waals surface area (Å²) in [5.74, 6) is -0.0739. The maximum absolute atomic E-state index is 11.1. The molecule has 0 unspecified atom stereocenters. The van der Waals surface area contributed by atoms with E-state index in [9.17, 15) is 9.90 Å². The van der Waals surface area contributed by atoms with E-state index in [1.807, 2.05) is 13.8 Å². The first kappa shape index (κ1) is 10.6. The van der Waals surface area contributed by atoms with Gasteiger partial charge in [-0.3, -0.25) is 4.79 Å². The van der Waals surface area contributed by atoms with Gasteiger partial charge in [-0.15, -0.1) is 0 Å². The van der Waals surface area contributed by atoms with Gasteiger partial charge in [-0.05, 0) is 31.0 Å². The second kappa shape index (κ2) is 4.65. The molecule has 1 rings (SSSR count). The van der Waals surface area contributed by atoms with E-state index in [1.165, 1.54) is 0 Å². The summed E-state index contributed by atoms with van der Waals surface area (Å²) in [5.41, 5.74) is 0.929. The number of hydrogen-bond donors (Lipinski definition) is 1. The molecular formula is C11H14O3. The molecule has 76 valence electrons. The van der Waals surface area contributed by atoms with Crippen molar-refractivity contribution >= 4 is 5.97 Å². The summed E-state index contributed by atoms with van der Waals surface area (Å²) < 4.78 is 4.95. The number of carbonyl (C=O) groups excluding carboxylic acids is 1. The van der Waals surface area contributed by atoms with Crippen LogP contribution in [-0.4, -0.2) is 11.1 Å². The number of phenolic OH excluding ortho intramolecular Hbond substituents is 1. The Morgan fingerprint density at radius 2 is 2.21 bits per heavy atom. The Labute approximate surface area is 83.3 Å². The molecule has 0 spiro atoms. The summed E-state index contributed by atoms with van der Waals surface area (Å²) in [7, 11) is 0. The van der Waals surface area contributed by atoms with Crippen molar-refractivity contribution in [3.05, 3.63) is 23.8 Å². The number of aryl methyl sites for hydroxylation is 1. The number of rotatable bonds is 3. The highest BCUT2D eigenvalue weighted by Crippen LogP contribution is 2.26. The van der Waals surface area contributed by atoms with Crippen LogP contribution in [0.1, 0.15) is 25.3 Å². The van der Waals surface area contributed by atoms with Gasteiger partial charge >= 0.3 is 5.97 Å². The molecule has 0 bridgehead atoms. The fourth-order valence-corrected chi connectivity index (χ4v) is 1.09. The largest absolute Gasteiger partial charge is 0.504 e. The molecule has 1 aromatic rings. The smallest absolute Gasteiger partial charge is 0.311 e. The van der Waals surface area contributed by atoms with Gasteiger partial charge in [0.15, 0.2) is 11.5 Å².